The Morgan fingerprint density at radius 3 is 2.47 bits per heavy atom. The molecule has 0 radical (unpaired) electrons. The molecule has 0 spiro atoms. The van der Waals surface area contributed by atoms with Gasteiger partial charge in [-0.15, -0.1) is 0 Å². The summed E-state index contributed by atoms with van der Waals surface area (Å²) in [7, 11) is 0. The van der Waals surface area contributed by atoms with Crippen LogP contribution in [0.1, 0.15) is 32.8 Å². The van der Waals surface area contributed by atoms with Crippen LogP contribution in [0, 0.1) is 18.3 Å². The third-order valence-electron chi connectivity index (χ3n) is 3.86. The molecule has 0 bridgehead atoms. The van der Waals surface area contributed by atoms with Crippen molar-refractivity contribution in [2.75, 3.05) is 23.7 Å². The first-order valence-electron chi connectivity index (χ1n) is 6.48. The first kappa shape index (κ1) is 12.3. The molecule has 1 heterocycles. The van der Waals surface area contributed by atoms with Gasteiger partial charge in [-0.3, -0.25) is 0 Å². The summed E-state index contributed by atoms with van der Waals surface area (Å²) in [4.78, 5) is 2.47. The van der Waals surface area contributed by atoms with E-state index in [4.69, 9.17) is 5.73 Å². The zero-order chi connectivity index (χ0) is 12.6. The number of rotatable bonds is 1. The van der Waals surface area contributed by atoms with Crippen molar-refractivity contribution in [3.05, 3.63) is 23.8 Å². The van der Waals surface area contributed by atoms with Gasteiger partial charge in [0.1, 0.15) is 0 Å². The van der Waals surface area contributed by atoms with E-state index in [0.29, 0.717) is 5.41 Å². The smallest absolute Gasteiger partial charge is 0.0389 e. The van der Waals surface area contributed by atoms with E-state index in [-0.39, 0.29) is 0 Å². The maximum absolute atomic E-state index is 5.92. The third-order valence-corrected chi connectivity index (χ3v) is 3.86. The molecule has 94 valence electrons. The molecule has 1 unspecified atom stereocenters. The summed E-state index contributed by atoms with van der Waals surface area (Å²) in [5.74, 6) is 0.782. The molecule has 1 saturated heterocycles. The van der Waals surface area contributed by atoms with Crippen molar-refractivity contribution in [1.82, 2.24) is 0 Å². The van der Waals surface area contributed by atoms with Crippen LogP contribution in [-0.4, -0.2) is 13.1 Å². The highest BCUT2D eigenvalue weighted by Gasteiger charge is 2.31. The lowest BCUT2D eigenvalue weighted by Gasteiger charge is -2.27. The molecular weight excluding hydrogens is 208 g/mol. The zero-order valence-electron chi connectivity index (χ0n) is 11.5. The van der Waals surface area contributed by atoms with Gasteiger partial charge in [0.25, 0.3) is 0 Å². The highest BCUT2D eigenvalue weighted by atomic mass is 15.2. The van der Waals surface area contributed by atoms with Crippen molar-refractivity contribution in [1.29, 1.82) is 0 Å². The molecule has 2 nitrogen and oxygen atoms in total. The van der Waals surface area contributed by atoms with Crippen LogP contribution in [0.3, 0.4) is 0 Å². The number of hydrogen-bond donors (Lipinski definition) is 1. The van der Waals surface area contributed by atoms with Crippen molar-refractivity contribution in [3.63, 3.8) is 0 Å². The summed E-state index contributed by atoms with van der Waals surface area (Å²) in [6, 6.07) is 6.36. The number of benzene rings is 1. The summed E-state index contributed by atoms with van der Waals surface area (Å²) in [5, 5.41) is 0. The molecule has 1 fully saturated rings. The molecule has 2 rings (SSSR count). The van der Waals surface area contributed by atoms with Crippen LogP contribution in [0.5, 0.6) is 0 Å². The normalized spacial score (nSPS) is 20.9. The lowest BCUT2D eigenvalue weighted by atomic mass is 9.80. The van der Waals surface area contributed by atoms with Crippen LogP contribution < -0.4 is 10.6 Å². The largest absolute Gasteiger partial charge is 0.399 e. The van der Waals surface area contributed by atoms with Gasteiger partial charge in [0.2, 0.25) is 0 Å². The molecule has 2 heteroatoms. The first-order valence-corrected chi connectivity index (χ1v) is 6.48. The molecule has 1 atom stereocenters. The Balaban J connectivity index is 2.15. The maximum Gasteiger partial charge on any atom is 0.0389 e. The van der Waals surface area contributed by atoms with Crippen LogP contribution in [0.25, 0.3) is 0 Å². The maximum atomic E-state index is 5.92. The number of aryl methyl sites for hydroxylation is 1. The van der Waals surface area contributed by atoms with Crippen LogP contribution in [-0.2, 0) is 0 Å². The van der Waals surface area contributed by atoms with E-state index in [2.05, 4.69) is 44.7 Å². The average Bonchev–Trinajstić information content (AvgIpc) is 2.63. The van der Waals surface area contributed by atoms with Gasteiger partial charge < -0.3 is 10.6 Å². The Labute approximate surface area is 105 Å². The minimum Gasteiger partial charge on any atom is -0.399 e. The van der Waals surface area contributed by atoms with Crippen molar-refractivity contribution >= 4 is 11.4 Å². The molecule has 1 aromatic rings. The topological polar surface area (TPSA) is 29.3 Å². The first-order chi connectivity index (χ1) is 7.86. The highest BCUT2D eigenvalue weighted by molar-refractivity contribution is 5.58. The van der Waals surface area contributed by atoms with Gasteiger partial charge in [0.15, 0.2) is 0 Å². The van der Waals surface area contributed by atoms with E-state index in [1.807, 2.05) is 6.07 Å². The van der Waals surface area contributed by atoms with Crippen LogP contribution in [0.15, 0.2) is 18.2 Å². The van der Waals surface area contributed by atoms with Crippen molar-refractivity contribution < 1.29 is 0 Å². The molecule has 17 heavy (non-hydrogen) atoms. The van der Waals surface area contributed by atoms with E-state index >= 15 is 0 Å². The van der Waals surface area contributed by atoms with Crippen LogP contribution >= 0.6 is 0 Å². The Hall–Kier alpha value is -1.18. The Bertz CT molecular complexity index is 384. The van der Waals surface area contributed by atoms with E-state index in [0.717, 1.165) is 24.7 Å². The monoisotopic (exact) mass is 232 g/mol. The van der Waals surface area contributed by atoms with Crippen molar-refractivity contribution in [3.8, 4) is 0 Å². The number of hydrogen-bond acceptors (Lipinski definition) is 2. The van der Waals surface area contributed by atoms with Gasteiger partial charge in [0.05, 0.1) is 0 Å². The number of nitrogens with zero attached hydrogens (tertiary/aromatic N) is 1. The SMILES string of the molecule is Cc1cc(N)cc(N2CCC(C(C)(C)C)C2)c1. The summed E-state index contributed by atoms with van der Waals surface area (Å²) in [6.07, 6.45) is 1.29. The minimum absolute atomic E-state index is 0.407. The van der Waals surface area contributed by atoms with Gasteiger partial charge in [-0.1, -0.05) is 20.8 Å². The Morgan fingerprint density at radius 2 is 1.94 bits per heavy atom. The van der Waals surface area contributed by atoms with Gasteiger partial charge in [0, 0.05) is 24.5 Å². The molecule has 1 aliphatic rings. The molecule has 0 aromatic heterocycles. The Morgan fingerprint density at radius 1 is 1.24 bits per heavy atom. The van der Waals surface area contributed by atoms with Crippen molar-refractivity contribution in [2.24, 2.45) is 11.3 Å². The average molecular weight is 232 g/mol. The highest BCUT2D eigenvalue weighted by Crippen LogP contribution is 2.36. The predicted molar refractivity (Wildman–Crippen MR) is 75.4 cm³/mol. The predicted octanol–water partition coefficient (Wildman–Crippen LogP) is 3.45. The molecule has 0 aliphatic carbocycles. The standard InChI is InChI=1S/C15H24N2/c1-11-7-13(16)9-14(8-11)17-6-5-12(10-17)15(2,3)4/h7-9,12H,5-6,10,16H2,1-4H3. The third kappa shape index (κ3) is 2.74. The van der Waals surface area contributed by atoms with E-state index in [1.54, 1.807) is 0 Å². The molecule has 0 saturated carbocycles. The summed E-state index contributed by atoms with van der Waals surface area (Å²) in [5.41, 5.74) is 9.74. The fraction of sp³-hybridized carbons (Fsp3) is 0.600. The van der Waals surface area contributed by atoms with Crippen LogP contribution in [0.4, 0.5) is 11.4 Å². The van der Waals surface area contributed by atoms with Gasteiger partial charge in [-0.25, -0.2) is 0 Å². The molecule has 0 amide bonds. The van der Waals surface area contributed by atoms with Crippen LogP contribution in [0.2, 0.25) is 0 Å². The van der Waals surface area contributed by atoms with E-state index in [1.165, 1.54) is 17.7 Å². The minimum atomic E-state index is 0.407. The molecule has 1 aliphatic heterocycles. The second-order valence-corrected chi connectivity index (χ2v) is 6.40. The van der Waals surface area contributed by atoms with Crippen molar-refractivity contribution in [2.45, 2.75) is 34.1 Å². The Kier molecular flexibility index (Phi) is 3.07. The van der Waals surface area contributed by atoms with E-state index < -0.39 is 0 Å². The summed E-state index contributed by atoms with van der Waals surface area (Å²) >= 11 is 0. The summed E-state index contributed by atoms with van der Waals surface area (Å²) in [6.45, 7) is 11.4. The van der Waals surface area contributed by atoms with Gasteiger partial charge in [-0.2, -0.15) is 0 Å². The lowest BCUT2D eigenvalue weighted by Crippen LogP contribution is -2.25. The molecular formula is C15H24N2. The fourth-order valence-electron chi connectivity index (χ4n) is 2.68. The fourth-order valence-corrected chi connectivity index (χ4v) is 2.68. The van der Waals surface area contributed by atoms with Gasteiger partial charge >= 0.3 is 0 Å². The lowest BCUT2D eigenvalue weighted by molar-refractivity contribution is 0.263. The van der Waals surface area contributed by atoms with Gasteiger partial charge in [-0.05, 0) is 48.4 Å². The quantitative estimate of drug-likeness (QED) is 0.751. The second-order valence-electron chi connectivity index (χ2n) is 6.40. The molecule has 1 aromatic carbocycles. The van der Waals surface area contributed by atoms with E-state index in [9.17, 15) is 0 Å². The molecule has 2 N–H and O–H groups in total. The zero-order valence-corrected chi connectivity index (χ0v) is 11.5. The number of nitrogens with two attached hydrogens (primary N) is 1. The second kappa shape index (κ2) is 4.25. The summed E-state index contributed by atoms with van der Waals surface area (Å²) < 4.78 is 0. The number of anilines is 2. The number of nitrogen functional groups attached to an aromatic ring is 1.